The largest absolute Gasteiger partial charge is 0.495 e. The summed E-state index contributed by atoms with van der Waals surface area (Å²) in [4.78, 5) is 26.5. The predicted octanol–water partition coefficient (Wildman–Crippen LogP) is 4.19. The molecule has 8 heteroatoms. The number of likely N-dealkylation sites (tertiary alicyclic amines) is 2. The average molecular weight is 472 g/mol. The van der Waals surface area contributed by atoms with Crippen LogP contribution >= 0.6 is 11.6 Å². The van der Waals surface area contributed by atoms with E-state index in [4.69, 9.17) is 16.3 Å². The van der Waals surface area contributed by atoms with Crippen LogP contribution in [0.15, 0.2) is 24.5 Å². The Hall–Kier alpha value is -2.38. The summed E-state index contributed by atoms with van der Waals surface area (Å²) in [6.07, 6.45) is 8.32. The van der Waals surface area contributed by atoms with E-state index < -0.39 is 0 Å². The number of carbonyl (C=O) groups is 1. The fourth-order valence-corrected chi connectivity index (χ4v) is 5.18. The summed E-state index contributed by atoms with van der Waals surface area (Å²) < 4.78 is 5.21. The van der Waals surface area contributed by atoms with Crippen LogP contribution in [-0.4, -0.2) is 71.6 Å². The molecule has 1 aromatic carbocycles. The number of amides is 1. The number of aromatic nitrogens is 2. The first-order valence-corrected chi connectivity index (χ1v) is 12.4. The lowest BCUT2D eigenvalue weighted by Crippen LogP contribution is -2.48. The minimum atomic E-state index is 0.0111. The Labute approximate surface area is 201 Å². The third kappa shape index (κ3) is 5.76. The molecule has 0 unspecified atom stereocenters. The summed E-state index contributed by atoms with van der Waals surface area (Å²) in [6, 6.07) is 6.40. The van der Waals surface area contributed by atoms with Crippen LogP contribution in [0.3, 0.4) is 0 Å². The van der Waals surface area contributed by atoms with Gasteiger partial charge in [-0.3, -0.25) is 4.79 Å². The van der Waals surface area contributed by atoms with Gasteiger partial charge in [-0.25, -0.2) is 9.97 Å². The second kappa shape index (κ2) is 11.2. The molecule has 4 rings (SSSR count). The molecule has 0 spiro atoms. The maximum atomic E-state index is 13.2. The Morgan fingerprint density at radius 2 is 1.91 bits per heavy atom. The van der Waals surface area contributed by atoms with Gasteiger partial charge in [0, 0.05) is 31.2 Å². The molecular formula is C25H34ClN5O2. The number of nitrogens with zero attached hydrogens (tertiary/aromatic N) is 4. The zero-order chi connectivity index (χ0) is 23.2. The maximum Gasteiger partial charge on any atom is 0.272 e. The van der Waals surface area contributed by atoms with Crippen LogP contribution in [0.5, 0.6) is 5.75 Å². The van der Waals surface area contributed by atoms with Crippen molar-refractivity contribution in [3.8, 4) is 5.75 Å². The summed E-state index contributed by atoms with van der Waals surface area (Å²) in [5, 5.41) is 3.96. The van der Waals surface area contributed by atoms with Gasteiger partial charge >= 0.3 is 0 Å². The number of anilines is 1. The Kier molecular flexibility index (Phi) is 8.04. The van der Waals surface area contributed by atoms with Crippen LogP contribution in [-0.2, 0) is 6.42 Å². The first kappa shape index (κ1) is 23.8. The summed E-state index contributed by atoms with van der Waals surface area (Å²) in [5.74, 6) is 1.39. The first-order valence-electron chi connectivity index (χ1n) is 12.0. The summed E-state index contributed by atoms with van der Waals surface area (Å²) in [5.41, 5.74) is 2.40. The lowest BCUT2D eigenvalue weighted by atomic mass is 9.99. The van der Waals surface area contributed by atoms with Crippen molar-refractivity contribution >= 4 is 23.3 Å². The summed E-state index contributed by atoms with van der Waals surface area (Å²) >= 11 is 6.22. The molecule has 2 aliphatic heterocycles. The van der Waals surface area contributed by atoms with E-state index in [2.05, 4.69) is 20.2 Å². The van der Waals surface area contributed by atoms with Crippen LogP contribution in [0.25, 0.3) is 0 Å². The second-order valence-corrected chi connectivity index (χ2v) is 9.37. The van der Waals surface area contributed by atoms with Gasteiger partial charge in [-0.15, -0.1) is 0 Å². The highest BCUT2D eigenvalue weighted by Crippen LogP contribution is 2.26. The second-order valence-electron chi connectivity index (χ2n) is 8.96. The number of halogens is 1. The van der Waals surface area contributed by atoms with Crippen molar-refractivity contribution < 1.29 is 9.53 Å². The summed E-state index contributed by atoms with van der Waals surface area (Å²) in [6.45, 7) is 6.60. The molecule has 3 heterocycles. The smallest absolute Gasteiger partial charge is 0.272 e. The van der Waals surface area contributed by atoms with Crippen molar-refractivity contribution in [2.45, 2.75) is 51.5 Å². The molecule has 0 saturated carbocycles. The normalized spacial score (nSPS) is 17.7. The Balaban J connectivity index is 1.32. The predicted molar refractivity (Wildman–Crippen MR) is 131 cm³/mol. The molecule has 2 fully saturated rings. The first-order chi connectivity index (χ1) is 16.1. The van der Waals surface area contributed by atoms with Gasteiger partial charge in [0.05, 0.1) is 12.1 Å². The van der Waals surface area contributed by atoms with E-state index >= 15 is 0 Å². The molecule has 178 valence electrons. The fourth-order valence-electron chi connectivity index (χ4n) is 4.90. The van der Waals surface area contributed by atoms with E-state index in [1.54, 1.807) is 7.11 Å². The van der Waals surface area contributed by atoms with Gasteiger partial charge < -0.3 is 19.9 Å². The third-order valence-corrected chi connectivity index (χ3v) is 7.16. The van der Waals surface area contributed by atoms with Crippen molar-refractivity contribution in [1.82, 2.24) is 19.8 Å². The van der Waals surface area contributed by atoms with E-state index in [9.17, 15) is 4.79 Å². The fraction of sp³-hybridized carbons (Fsp3) is 0.560. The van der Waals surface area contributed by atoms with E-state index in [1.807, 2.05) is 30.0 Å². The molecular weight excluding hydrogens is 438 g/mol. The molecule has 7 nitrogen and oxygen atoms in total. The Bertz CT molecular complexity index is 956. The number of rotatable bonds is 7. The molecule has 2 saturated heterocycles. The number of piperidine rings is 2. The molecule has 1 N–H and O–H groups in total. The van der Waals surface area contributed by atoms with Gasteiger partial charge in [-0.05, 0) is 69.8 Å². The highest BCUT2D eigenvalue weighted by molar-refractivity contribution is 6.32. The van der Waals surface area contributed by atoms with Crippen LogP contribution in [0.4, 0.5) is 5.82 Å². The number of hydrogen-bond acceptors (Lipinski definition) is 6. The van der Waals surface area contributed by atoms with Gasteiger partial charge in [0.15, 0.2) is 0 Å². The Morgan fingerprint density at radius 3 is 2.61 bits per heavy atom. The van der Waals surface area contributed by atoms with Crippen LogP contribution < -0.4 is 10.1 Å². The highest BCUT2D eigenvalue weighted by Gasteiger charge is 2.29. The molecule has 1 aromatic heterocycles. The molecule has 33 heavy (non-hydrogen) atoms. The minimum absolute atomic E-state index is 0.0111. The van der Waals surface area contributed by atoms with Crippen LogP contribution in [0.2, 0.25) is 5.02 Å². The van der Waals surface area contributed by atoms with E-state index in [0.29, 0.717) is 34.9 Å². The monoisotopic (exact) mass is 471 g/mol. The lowest BCUT2D eigenvalue weighted by molar-refractivity contribution is 0.0584. The van der Waals surface area contributed by atoms with E-state index in [1.165, 1.54) is 38.7 Å². The molecule has 0 atom stereocenters. The SMILES string of the molecule is COc1ccc(CCNc2ncnc(C(=O)N3CCC(N4CCCCC4)CC3)c2C)cc1Cl. The van der Waals surface area contributed by atoms with Gasteiger partial charge in [-0.2, -0.15) is 0 Å². The molecule has 1 amide bonds. The summed E-state index contributed by atoms with van der Waals surface area (Å²) in [7, 11) is 1.61. The zero-order valence-electron chi connectivity index (χ0n) is 19.6. The maximum absolute atomic E-state index is 13.2. The topological polar surface area (TPSA) is 70.6 Å². The zero-order valence-corrected chi connectivity index (χ0v) is 20.4. The van der Waals surface area contributed by atoms with Crippen molar-refractivity contribution in [1.29, 1.82) is 0 Å². The molecule has 2 aliphatic rings. The van der Waals surface area contributed by atoms with Gasteiger partial charge in [0.1, 0.15) is 23.6 Å². The highest BCUT2D eigenvalue weighted by atomic mass is 35.5. The quantitative estimate of drug-likeness (QED) is 0.652. The number of carbonyl (C=O) groups excluding carboxylic acids is 1. The van der Waals surface area contributed by atoms with Gasteiger partial charge in [0.2, 0.25) is 0 Å². The average Bonchev–Trinajstić information content (AvgIpc) is 2.85. The van der Waals surface area contributed by atoms with Crippen LogP contribution in [0.1, 0.15) is 53.7 Å². The molecule has 0 radical (unpaired) electrons. The molecule has 0 bridgehead atoms. The molecule has 0 aliphatic carbocycles. The van der Waals surface area contributed by atoms with Crippen molar-refractivity contribution in [2.75, 3.05) is 45.2 Å². The number of benzene rings is 1. The van der Waals surface area contributed by atoms with Crippen molar-refractivity contribution in [3.05, 3.63) is 46.4 Å². The van der Waals surface area contributed by atoms with Gasteiger partial charge in [0.25, 0.3) is 5.91 Å². The number of nitrogens with one attached hydrogen (secondary N) is 1. The molecule has 2 aromatic rings. The number of hydrogen-bond donors (Lipinski definition) is 1. The van der Waals surface area contributed by atoms with E-state index in [0.717, 1.165) is 43.5 Å². The number of ether oxygens (including phenoxy) is 1. The van der Waals surface area contributed by atoms with E-state index in [-0.39, 0.29) is 5.91 Å². The minimum Gasteiger partial charge on any atom is -0.495 e. The third-order valence-electron chi connectivity index (χ3n) is 6.87. The Morgan fingerprint density at radius 1 is 1.15 bits per heavy atom. The van der Waals surface area contributed by atoms with Crippen LogP contribution in [0, 0.1) is 6.92 Å². The standard InChI is InChI=1S/C25H34ClN5O2/c1-18-23(25(32)31-14-9-20(10-15-31)30-12-4-3-5-13-30)28-17-29-24(18)27-11-8-19-6-7-22(33-2)21(26)16-19/h6-7,16-17,20H,3-5,8-15H2,1-2H3,(H,27,28,29). The van der Waals surface area contributed by atoms with Gasteiger partial charge in [-0.1, -0.05) is 24.1 Å². The lowest BCUT2D eigenvalue weighted by Gasteiger charge is -2.40. The number of methoxy groups -OCH3 is 1. The van der Waals surface area contributed by atoms with Crippen molar-refractivity contribution in [3.63, 3.8) is 0 Å². The van der Waals surface area contributed by atoms with Crippen molar-refractivity contribution in [2.24, 2.45) is 0 Å².